The second-order valence-electron chi connectivity index (χ2n) is 4.79. The molecule has 2 heterocycles. The van der Waals surface area contributed by atoms with Crippen molar-refractivity contribution in [2.75, 3.05) is 13.1 Å². The van der Waals surface area contributed by atoms with E-state index in [0.717, 1.165) is 43.4 Å². The van der Waals surface area contributed by atoms with Crippen LogP contribution in [0, 0.1) is 19.8 Å². The average molecular weight is 223 g/mol. The maximum absolute atomic E-state index is 11.6. The Morgan fingerprint density at radius 1 is 1.44 bits per heavy atom. The third kappa shape index (κ3) is 2.38. The zero-order valence-corrected chi connectivity index (χ0v) is 10.2. The molecule has 2 N–H and O–H groups in total. The van der Waals surface area contributed by atoms with Crippen LogP contribution in [0.15, 0.2) is 4.79 Å². The number of aromatic nitrogens is 2. The predicted octanol–water partition coefficient (Wildman–Crippen LogP) is 1.18. The number of aromatic amines is 1. The largest absolute Gasteiger partial charge is 0.325 e. The highest BCUT2D eigenvalue weighted by atomic mass is 16.1. The third-order valence-electron chi connectivity index (χ3n) is 3.65. The average Bonchev–Trinajstić information content (AvgIpc) is 2.53. The molecule has 0 radical (unpaired) electrons. The SMILES string of the molecule is Cc1[nH]c(=O)n(CCC2CCCNC2)c1C. The van der Waals surface area contributed by atoms with Gasteiger partial charge in [-0.3, -0.25) is 4.57 Å². The van der Waals surface area contributed by atoms with Crippen LogP contribution in [-0.2, 0) is 6.54 Å². The van der Waals surface area contributed by atoms with Crippen LogP contribution in [0.2, 0.25) is 0 Å². The standard InChI is InChI=1S/C12H21N3O/c1-9-10(2)15(12(16)14-9)7-5-11-4-3-6-13-8-11/h11,13H,3-8H2,1-2H3,(H,14,16). The molecule has 1 aliphatic heterocycles. The van der Waals surface area contributed by atoms with Crippen molar-refractivity contribution in [3.05, 3.63) is 21.9 Å². The first-order valence-corrected chi connectivity index (χ1v) is 6.15. The van der Waals surface area contributed by atoms with Gasteiger partial charge in [-0.05, 0) is 52.1 Å². The number of H-pyrrole nitrogens is 1. The topological polar surface area (TPSA) is 49.8 Å². The Hall–Kier alpha value is -1.03. The van der Waals surface area contributed by atoms with Gasteiger partial charge in [0.2, 0.25) is 0 Å². The lowest BCUT2D eigenvalue weighted by Gasteiger charge is -2.22. The van der Waals surface area contributed by atoms with Gasteiger partial charge in [0.25, 0.3) is 0 Å². The second-order valence-corrected chi connectivity index (χ2v) is 4.79. The minimum atomic E-state index is 0.0405. The first-order chi connectivity index (χ1) is 7.68. The Kier molecular flexibility index (Phi) is 3.49. The molecule has 1 fully saturated rings. The molecule has 1 aliphatic rings. The molecule has 0 amide bonds. The maximum atomic E-state index is 11.6. The zero-order valence-electron chi connectivity index (χ0n) is 10.2. The number of hydrogen-bond donors (Lipinski definition) is 2. The maximum Gasteiger partial charge on any atom is 0.325 e. The summed E-state index contributed by atoms with van der Waals surface area (Å²) in [5.74, 6) is 0.732. The van der Waals surface area contributed by atoms with Gasteiger partial charge < -0.3 is 10.3 Å². The lowest BCUT2D eigenvalue weighted by atomic mass is 9.96. The molecule has 0 aliphatic carbocycles. The summed E-state index contributed by atoms with van der Waals surface area (Å²) in [5.41, 5.74) is 2.11. The van der Waals surface area contributed by atoms with Gasteiger partial charge in [-0.1, -0.05) is 0 Å². The van der Waals surface area contributed by atoms with E-state index < -0.39 is 0 Å². The van der Waals surface area contributed by atoms with Crippen LogP contribution < -0.4 is 11.0 Å². The fourth-order valence-electron chi connectivity index (χ4n) is 2.42. The summed E-state index contributed by atoms with van der Waals surface area (Å²) in [6.45, 7) is 7.07. The minimum Gasteiger partial charge on any atom is -0.316 e. The van der Waals surface area contributed by atoms with Crippen molar-refractivity contribution in [1.29, 1.82) is 0 Å². The van der Waals surface area contributed by atoms with Crippen molar-refractivity contribution in [3.8, 4) is 0 Å². The Balaban J connectivity index is 1.96. The molecule has 1 unspecified atom stereocenters. The van der Waals surface area contributed by atoms with Gasteiger partial charge in [-0.2, -0.15) is 0 Å². The number of nitrogens with one attached hydrogen (secondary N) is 2. The Morgan fingerprint density at radius 2 is 2.25 bits per heavy atom. The van der Waals surface area contributed by atoms with Crippen LogP contribution in [0.3, 0.4) is 0 Å². The fraction of sp³-hybridized carbons (Fsp3) is 0.750. The summed E-state index contributed by atoms with van der Waals surface area (Å²) in [7, 11) is 0. The Bertz CT molecular complexity index is 399. The van der Waals surface area contributed by atoms with E-state index in [0.29, 0.717) is 0 Å². The Morgan fingerprint density at radius 3 is 2.81 bits per heavy atom. The van der Waals surface area contributed by atoms with Gasteiger partial charge in [0, 0.05) is 17.9 Å². The van der Waals surface area contributed by atoms with Crippen LogP contribution in [0.1, 0.15) is 30.7 Å². The van der Waals surface area contributed by atoms with E-state index in [1.54, 1.807) is 0 Å². The number of hydrogen-bond acceptors (Lipinski definition) is 2. The quantitative estimate of drug-likeness (QED) is 0.808. The highest BCUT2D eigenvalue weighted by molar-refractivity contribution is 5.08. The van der Waals surface area contributed by atoms with Gasteiger partial charge in [0.1, 0.15) is 0 Å². The summed E-state index contributed by atoms with van der Waals surface area (Å²) < 4.78 is 1.87. The van der Waals surface area contributed by atoms with E-state index in [1.807, 2.05) is 18.4 Å². The molecule has 0 spiro atoms. The number of aryl methyl sites for hydroxylation is 1. The normalized spacial score (nSPS) is 21.2. The van der Waals surface area contributed by atoms with Crippen molar-refractivity contribution >= 4 is 0 Å². The number of piperidine rings is 1. The van der Waals surface area contributed by atoms with Crippen molar-refractivity contribution < 1.29 is 0 Å². The number of rotatable bonds is 3. The molecular weight excluding hydrogens is 202 g/mol. The van der Waals surface area contributed by atoms with Gasteiger partial charge in [-0.25, -0.2) is 4.79 Å². The molecule has 1 atom stereocenters. The second kappa shape index (κ2) is 4.87. The Labute approximate surface area is 96.1 Å². The number of imidazole rings is 1. The minimum absolute atomic E-state index is 0.0405. The summed E-state index contributed by atoms with van der Waals surface area (Å²) in [5, 5.41) is 3.41. The van der Waals surface area contributed by atoms with Crippen LogP contribution in [0.5, 0.6) is 0 Å². The summed E-state index contributed by atoms with van der Waals surface area (Å²) in [6, 6.07) is 0. The zero-order chi connectivity index (χ0) is 11.5. The van der Waals surface area contributed by atoms with Gasteiger partial charge in [-0.15, -0.1) is 0 Å². The molecule has 4 heteroatoms. The third-order valence-corrected chi connectivity index (χ3v) is 3.65. The molecule has 1 saturated heterocycles. The first-order valence-electron chi connectivity index (χ1n) is 6.15. The molecule has 4 nitrogen and oxygen atoms in total. The molecule has 90 valence electrons. The van der Waals surface area contributed by atoms with Crippen LogP contribution in [-0.4, -0.2) is 22.6 Å². The lowest BCUT2D eigenvalue weighted by molar-refractivity contribution is 0.339. The molecule has 16 heavy (non-hydrogen) atoms. The van der Waals surface area contributed by atoms with Crippen LogP contribution >= 0.6 is 0 Å². The van der Waals surface area contributed by atoms with Crippen molar-refractivity contribution in [2.24, 2.45) is 5.92 Å². The van der Waals surface area contributed by atoms with Gasteiger partial charge in [0.15, 0.2) is 0 Å². The smallest absolute Gasteiger partial charge is 0.316 e. The summed E-state index contributed by atoms with van der Waals surface area (Å²) in [4.78, 5) is 14.5. The monoisotopic (exact) mass is 223 g/mol. The van der Waals surface area contributed by atoms with Crippen LogP contribution in [0.4, 0.5) is 0 Å². The fourth-order valence-corrected chi connectivity index (χ4v) is 2.42. The highest BCUT2D eigenvalue weighted by Gasteiger charge is 2.14. The molecule has 1 aromatic heterocycles. The predicted molar refractivity (Wildman–Crippen MR) is 64.7 cm³/mol. The van der Waals surface area contributed by atoms with E-state index in [4.69, 9.17) is 0 Å². The van der Waals surface area contributed by atoms with Gasteiger partial charge >= 0.3 is 5.69 Å². The lowest BCUT2D eigenvalue weighted by Crippen LogP contribution is -2.31. The summed E-state index contributed by atoms with van der Waals surface area (Å²) >= 11 is 0. The molecule has 0 aromatic carbocycles. The van der Waals surface area contributed by atoms with E-state index in [2.05, 4.69) is 10.3 Å². The van der Waals surface area contributed by atoms with E-state index in [9.17, 15) is 4.79 Å². The summed E-state index contributed by atoms with van der Waals surface area (Å²) in [6.07, 6.45) is 3.67. The molecule has 2 rings (SSSR count). The molecule has 0 saturated carbocycles. The molecule has 0 bridgehead atoms. The first kappa shape index (κ1) is 11.5. The van der Waals surface area contributed by atoms with E-state index >= 15 is 0 Å². The highest BCUT2D eigenvalue weighted by Crippen LogP contribution is 2.15. The molecular formula is C12H21N3O. The van der Waals surface area contributed by atoms with Gasteiger partial charge in [0.05, 0.1) is 0 Å². The number of nitrogens with zero attached hydrogens (tertiary/aromatic N) is 1. The van der Waals surface area contributed by atoms with E-state index in [1.165, 1.54) is 12.8 Å². The van der Waals surface area contributed by atoms with E-state index in [-0.39, 0.29) is 5.69 Å². The molecule has 1 aromatic rings. The van der Waals surface area contributed by atoms with Crippen molar-refractivity contribution in [2.45, 2.75) is 39.7 Å². The van der Waals surface area contributed by atoms with Crippen molar-refractivity contribution in [3.63, 3.8) is 0 Å². The van der Waals surface area contributed by atoms with Crippen LogP contribution in [0.25, 0.3) is 0 Å². The van der Waals surface area contributed by atoms with Crippen molar-refractivity contribution in [1.82, 2.24) is 14.9 Å².